The Morgan fingerprint density at radius 3 is 2.45 bits per heavy atom. The summed E-state index contributed by atoms with van der Waals surface area (Å²) in [6.45, 7) is 5.52. The molecule has 7 heteroatoms. The van der Waals surface area contributed by atoms with Crippen molar-refractivity contribution in [3.05, 3.63) is 23.2 Å². The zero-order chi connectivity index (χ0) is 15.5. The minimum Gasteiger partial charge on any atom is -0.466 e. The molecule has 1 aromatic heterocycles. The van der Waals surface area contributed by atoms with Crippen LogP contribution in [0, 0.1) is 13.8 Å². The van der Waals surface area contributed by atoms with Gasteiger partial charge in [0.1, 0.15) is 11.5 Å². The van der Waals surface area contributed by atoms with Gasteiger partial charge in [0.2, 0.25) is 15.9 Å². The molecule has 0 radical (unpaired) electrons. The highest BCUT2D eigenvalue weighted by molar-refractivity contribution is 7.89. The molecule has 1 N–H and O–H groups in total. The van der Waals surface area contributed by atoms with E-state index in [4.69, 9.17) is 4.42 Å². The maximum Gasteiger partial charge on any atom is 0.221 e. The molecule has 0 aliphatic rings. The number of hydrogen-bond acceptors (Lipinski definition) is 4. The third-order valence-electron chi connectivity index (χ3n) is 3.07. The lowest BCUT2D eigenvalue weighted by Crippen LogP contribution is -2.31. The average Bonchev–Trinajstić information content (AvgIpc) is 2.66. The van der Waals surface area contributed by atoms with Crippen LogP contribution in [-0.2, 0) is 14.8 Å². The van der Waals surface area contributed by atoms with Gasteiger partial charge in [-0.3, -0.25) is 4.79 Å². The van der Waals surface area contributed by atoms with Crippen molar-refractivity contribution in [2.24, 2.45) is 0 Å². The molecular weight excluding hydrogens is 280 g/mol. The second-order valence-corrected chi connectivity index (χ2v) is 7.31. The van der Waals surface area contributed by atoms with E-state index in [0.29, 0.717) is 0 Å². The molecule has 0 unspecified atom stereocenters. The number of sulfonamides is 1. The van der Waals surface area contributed by atoms with Gasteiger partial charge in [-0.25, -0.2) is 12.7 Å². The lowest BCUT2D eigenvalue weighted by Gasteiger charge is -2.14. The molecule has 6 nitrogen and oxygen atoms in total. The Morgan fingerprint density at radius 2 is 2.00 bits per heavy atom. The molecule has 1 rings (SSSR count). The normalized spacial score (nSPS) is 13.5. The van der Waals surface area contributed by atoms with Crippen molar-refractivity contribution < 1.29 is 17.6 Å². The van der Waals surface area contributed by atoms with Gasteiger partial charge in [0, 0.05) is 26.1 Å². The summed E-state index contributed by atoms with van der Waals surface area (Å²) in [4.78, 5) is 11.8. The Bertz CT molecular complexity index is 575. The van der Waals surface area contributed by atoms with Gasteiger partial charge in [0.15, 0.2) is 0 Å². The average molecular weight is 302 g/mol. The molecule has 0 bridgehead atoms. The third-order valence-corrected chi connectivity index (χ3v) is 4.90. The summed E-state index contributed by atoms with van der Waals surface area (Å²) in [6.07, 6.45) is -0.0548. The molecular formula is C13H22N2O4S. The van der Waals surface area contributed by atoms with E-state index in [2.05, 4.69) is 5.32 Å². The quantitative estimate of drug-likeness (QED) is 0.860. The van der Waals surface area contributed by atoms with Crippen LogP contribution in [0.25, 0.3) is 0 Å². The lowest BCUT2D eigenvalue weighted by molar-refractivity contribution is -0.121. The number of rotatable bonds is 6. The van der Waals surface area contributed by atoms with Crippen molar-refractivity contribution in [3.63, 3.8) is 0 Å². The minimum atomic E-state index is -3.34. The number of nitrogens with one attached hydrogen (secondary N) is 1. The van der Waals surface area contributed by atoms with Gasteiger partial charge in [-0.05, 0) is 26.8 Å². The number of nitrogens with zero attached hydrogens (tertiary/aromatic N) is 1. The van der Waals surface area contributed by atoms with Gasteiger partial charge in [0.05, 0.1) is 11.8 Å². The molecule has 1 heterocycles. The van der Waals surface area contributed by atoms with Crippen LogP contribution in [0.15, 0.2) is 10.5 Å². The van der Waals surface area contributed by atoms with Crippen LogP contribution in [0.3, 0.4) is 0 Å². The first-order valence-electron chi connectivity index (χ1n) is 6.40. The van der Waals surface area contributed by atoms with Crippen LogP contribution in [0.2, 0.25) is 0 Å². The number of carbonyl (C=O) groups excluding carboxylic acids is 1. The van der Waals surface area contributed by atoms with E-state index in [1.54, 1.807) is 0 Å². The number of carbonyl (C=O) groups is 1. The molecule has 0 spiro atoms. The molecule has 114 valence electrons. The smallest absolute Gasteiger partial charge is 0.221 e. The van der Waals surface area contributed by atoms with Crippen LogP contribution < -0.4 is 5.32 Å². The fraction of sp³-hybridized carbons (Fsp3) is 0.615. The highest BCUT2D eigenvalue weighted by atomic mass is 32.2. The summed E-state index contributed by atoms with van der Waals surface area (Å²) in [5, 5.41) is 2.78. The summed E-state index contributed by atoms with van der Waals surface area (Å²) in [5.74, 6) is 1.06. The van der Waals surface area contributed by atoms with Crippen molar-refractivity contribution >= 4 is 15.9 Å². The molecule has 0 fully saturated rings. The number of furan rings is 1. The van der Waals surface area contributed by atoms with Crippen LogP contribution in [0.1, 0.15) is 36.5 Å². The number of amides is 1. The fourth-order valence-corrected chi connectivity index (χ4v) is 2.68. The summed E-state index contributed by atoms with van der Waals surface area (Å²) >= 11 is 0. The zero-order valence-corrected chi connectivity index (χ0v) is 13.4. The van der Waals surface area contributed by atoms with Crippen molar-refractivity contribution in [1.82, 2.24) is 9.62 Å². The first kappa shape index (κ1) is 16.7. The molecule has 0 aliphatic heterocycles. The molecule has 0 aromatic carbocycles. The Kier molecular flexibility index (Phi) is 5.35. The van der Waals surface area contributed by atoms with Gasteiger partial charge in [-0.1, -0.05) is 0 Å². The Balaban J connectivity index is 2.57. The third kappa shape index (κ3) is 4.35. The zero-order valence-electron chi connectivity index (χ0n) is 12.6. The van der Waals surface area contributed by atoms with Crippen molar-refractivity contribution in [2.45, 2.75) is 33.2 Å². The summed E-state index contributed by atoms with van der Waals surface area (Å²) in [7, 11) is -0.440. The topological polar surface area (TPSA) is 79.6 Å². The molecule has 0 saturated carbocycles. The van der Waals surface area contributed by atoms with E-state index in [-0.39, 0.29) is 24.1 Å². The van der Waals surface area contributed by atoms with Crippen molar-refractivity contribution in [1.29, 1.82) is 0 Å². The van der Waals surface area contributed by atoms with Gasteiger partial charge in [-0.15, -0.1) is 0 Å². The lowest BCUT2D eigenvalue weighted by atomic mass is 10.1. The first-order chi connectivity index (χ1) is 9.13. The highest BCUT2D eigenvalue weighted by Gasteiger charge is 2.18. The maximum atomic E-state index is 11.8. The number of hydrogen-bond donors (Lipinski definition) is 1. The number of aryl methyl sites for hydroxylation is 2. The van der Waals surface area contributed by atoms with E-state index in [0.717, 1.165) is 21.4 Å². The van der Waals surface area contributed by atoms with E-state index >= 15 is 0 Å². The predicted octanol–water partition coefficient (Wildman–Crippen LogP) is 1.36. The van der Waals surface area contributed by atoms with Crippen LogP contribution in [0.5, 0.6) is 0 Å². The Labute approximate surface area is 120 Å². The highest BCUT2D eigenvalue weighted by Crippen LogP contribution is 2.21. The monoisotopic (exact) mass is 302 g/mol. The fourth-order valence-electron chi connectivity index (χ4n) is 1.88. The molecule has 0 aliphatic carbocycles. The molecule has 1 amide bonds. The molecule has 1 atom stereocenters. The van der Waals surface area contributed by atoms with Crippen LogP contribution >= 0.6 is 0 Å². The predicted molar refractivity (Wildman–Crippen MR) is 76.8 cm³/mol. The molecule has 0 saturated heterocycles. The SMILES string of the molecule is Cc1cc([C@H](C)NC(=O)CCS(=O)(=O)N(C)C)c(C)o1. The van der Waals surface area contributed by atoms with E-state index in [1.807, 2.05) is 26.8 Å². The van der Waals surface area contributed by atoms with Crippen molar-refractivity contribution in [2.75, 3.05) is 19.8 Å². The minimum absolute atomic E-state index is 0.0548. The van der Waals surface area contributed by atoms with Gasteiger partial charge >= 0.3 is 0 Å². The second-order valence-electron chi connectivity index (χ2n) is 5.01. The summed E-state index contributed by atoms with van der Waals surface area (Å²) < 4.78 is 29.7. The Hall–Kier alpha value is -1.34. The molecule has 1 aromatic rings. The van der Waals surface area contributed by atoms with Gasteiger partial charge < -0.3 is 9.73 Å². The second kappa shape index (κ2) is 6.41. The largest absolute Gasteiger partial charge is 0.466 e. The van der Waals surface area contributed by atoms with Gasteiger partial charge in [-0.2, -0.15) is 0 Å². The van der Waals surface area contributed by atoms with Crippen LogP contribution in [-0.4, -0.2) is 38.5 Å². The van der Waals surface area contributed by atoms with E-state index in [1.165, 1.54) is 14.1 Å². The summed E-state index contributed by atoms with van der Waals surface area (Å²) in [5.41, 5.74) is 0.909. The van der Waals surface area contributed by atoms with Gasteiger partial charge in [0.25, 0.3) is 0 Å². The van der Waals surface area contributed by atoms with Crippen molar-refractivity contribution in [3.8, 4) is 0 Å². The molecule has 20 heavy (non-hydrogen) atoms. The standard InChI is InChI=1S/C13H22N2O4S/c1-9-8-12(11(3)19-9)10(2)14-13(16)6-7-20(17,18)15(4)5/h8,10H,6-7H2,1-5H3,(H,14,16)/t10-/m0/s1. The summed E-state index contributed by atoms with van der Waals surface area (Å²) in [6, 6.07) is 1.67. The van der Waals surface area contributed by atoms with E-state index in [9.17, 15) is 13.2 Å². The Morgan fingerprint density at radius 1 is 1.40 bits per heavy atom. The van der Waals surface area contributed by atoms with E-state index < -0.39 is 10.0 Å². The first-order valence-corrected chi connectivity index (χ1v) is 8.01. The van der Waals surface area contributed by atoms with Crippen LogP contribution in [0.4, 0.5) is 0 Å². The maximum absolute atomic E-state index is 11.8.